The van der Waals surface area contributed by atoms with E-state index >= 15 is 0 Å². The first-order valence-electron chi connectivity index (χ1n) is 47.0. The van der Waals surface area contributed by atoms with Crippen LogP contribution in [0.5, 0.6) is 0 Å². The normalized spacial score (nSPS) is 25.0. The van der Waals surface area contributed by atoms with E-state index in [4.69, 9.17) is 28.4 Å². The average molecular weight is 1630 g/mol. The predicted molar refractivity (Wildman–Crippen MR) is 466 cm³/mol. The fraction of sp³-hybridized carbons (Fsp3) is 0.823. The summed E-state index contributed by atoms with van der Waals surface area (Å²) in [6, 6.07) is -1.00. The van der Waals surface area contributed by atoms with Crippen LogP contribution in [-0.4, -0.2) is 193 Å². The third kappa shape index (κ3) is 52.6. The second-order valence-electron chi connectivity index (χ2n) is 33.1. The Hall–Kier alpha value is -3.29. The molecule has 3 rings (SSSR count). The van der Waals surface area contributed by atoms with Gasteiger partial charge in [-0.1, -0.05) is 374 Å². The minimum absolute atomic E-state index is 0.231. The molecule has 19 nitrogen and oxygen atoms in total. The molecule has 17 atom stereocenters. The number of carbonyl (C=O) groups is 1. The Morgan fingerprint density at radius 2 is 0.609 bits per heavy atom. The molecule has 3 aliphatic heterocycles. The van der Waals surface area contributed by atoms with E-state index in [-0.39, 0.29) is 18.9 Å². The molecule has 0 radical (unpaired) electrons. The topological polar surface area (TPSA) is 307 Å². The summed E-state index contributed by atoms with van der Waals surface area (Å²) in [6.07, 6.45) is 77.2. The van der Waals surface area contributed by atoms with E-state index in [1.54, 1.807) is 6.08 Å². The zero-order valence-corrected chi connectivity index (χ0v) is 72.3. The van der Waals surface area contributed by atoms with E-state index in [0.29, 0.717) is 12.8 Å². The van der Waals surface area contributed by atoms with Crippen molar-refractivity contribution in [2.24, 2.45) is 0 Å². The summed E-state index contributed by atoms with van der Waals surface area (Å²) in [4.78, 5) is 13.5. The first-order chi connectivity index (χ1) is 56.3. The first-order valence-corrected chi connectivity index (χ1v) is 47.0. The molecule has 0 spiro atoms. The van der Waals surface area contributed by atoms with Crippen molar-refractivity contribution in [2.75, 3.05) is 26.4 Å². The number of nitrogens with one attached hydrogen (secondary N) is 1. The van der Waals surface area contributed by atoms with Crippen molar-refractivity contribution in [3.8, 4) is 0 Å². The largest absolute Gasteiger partial charge is 0.394 e. The molecule has 3 heterocycles. The lowest BCUT2D eigenvalue weighted by molar-refractivity contribution is -0.379. The highest BCUT2D eigenvalue weighted by Crippen LogP contribution is 2.34. The maximum Gasteiger partial charge on any atom is 0.220 e. The van der Waals surface area contributed by atoms with Crippen LogP contribution in [0.3, 0.4) is 0 Å². The molecule has 115 heavy (non-hydrogen) atoms. The Bertz CT molecular complexity index is 2450. The van der Waals surface area contributed by atoms with Crippen LogP contribution in [0.1, 0.15) is 373 Å². The monoisotopic (exact) mass is 1630 g/mol. The second-order valence-corrected chi connectivity index (χ2v) is 33.1. The standard InChI is InChI=1S/C96H171NO18/c1-3-5-7-9-11-13-15-17-19-21-23-25-27-29-31-33-35-37-38-39-40-42-44-46-48-50-52-54-56-58-60-62-64-66-68-70-72-74-84(102)97-79(80(101)73-71-69-67-65-63-61-59-57-55-53-51-49-47-45-43-41-36-34-32-30-28-26-24-22-20-18-16-14-12-10-8-6-4-2)78-110-94-90(108)87(105)92(82(76-99)112-94)115-96-91(109)88(106)93(83(77-100)113-96)114-95-89(107)86(104)85(103)81(75-98)111-95/h5,7,11,13,17,19,23,25,29,31,55,57,63,65,71,73,79-83,85-96,98-101,103-109H,3-4,6,8-10,12,14-16,18,20-22,24,26-28,30,32-54,56,58-62,64,66-70,72,74-78H2,1-2H3,(H,97,102)/b7-5-,13-11-,19-17-,25-23-,31-29-,57-55+,65-63+,73-71+. The van der Waals surface area contributed by atoms with E-state index in [1.807, 2.05) is 6.08 Å². The van der Waals surface area contributed by atoms with Crippen molar-refractivity contribution in [1.82, 2.24) is 5.32 Å². The van der Waals surface area contributed by atoms with Crippen molar-refractivity contribution in [1.29, 1.82) is 0 Å². The van der Waals surface area contributed by atoms with E-state index in [0.717, 1.165) is 77.0 Å². The number of unbranched alkanes of at least 4 members (excludes halogenated alkanes) is 46. The lowest BCUT2D eigenvalue weighted by Crippen LogP contribution is -2.66. The van der Waals surface area contributed by atoms with Gasteiger partial charge in [-0.05, 0) is 89.9 Å². The molecule has 12 N–H and O–H groups in total. The smallest absolute Gasteiger partial charge is 0.220 e. The molecule has 3 aliphatic rings. The number of allylic oxidation sites excluding steroid dienone is 15. The van der Waals surface area contributed by atoms with Crippen LogP contribution < -0.4 is 5.32 Å². The molecule has 19 heteroatoms. The Morgan fingerprint density at radius 3 is 0.974 bits per heavy atom. The maximum atomic E-state index is 13.5. The minimum Gasteiger partial charge on any atom is -0.394 e. The van der Waals surface area contributed by atoms with E-state index in [1.165, 1.54) is 263 Å². The molecule has 0 bridgehead atoms. The number of hydrogen-bond donors (Lipinski definition) is 12. The van der Waals surface area contributed by atoms with Gasteiger partial charge in [-0.3, -0.25) is 4.79 Å². The molecular formula is C96H171NO18. The zero-order valence-electron chi connectivity index (χ0n) is 72.3. The SMILES string of the molecule is CC/C=C\C/C=C\C/C=C\C/C=C\C/C=C\CCCCCCCCCCCCCCCCCCCCCCCC(=O)NC(COC1OC(CO)C(OC2OC(CO)C(OC3OC(CO)C(O)C(O)C3O)C(O)C2O)C(O)C1O)C(O)/C=C/CC/C=C/CC/C=C/CCCCCCCCCCCCCCCCCCCCCCCCC. The Balaban J connectivity index is 1.32. The second kappa shape index (κ2) is 74.5. The summed E-state index contributed by atoms with van der Waals surface area (Å²) in [5.41, 5.74) is 0. The Kier molecular flexibility index (Phi) is 68.6. The van der Waals surface area contributed by atoms with Crippen molar-refractivity contribution in [3.63, 3.8) is 0 Å². The van der Waals surface area contributed by atoms with Crippen molar-refractivity contribution < 1.29 is 89.4 Å². The van der Waals surface area contributed by atoms with Crippen molar-refractivity contribution >= 4 is 5.91 Å². The molecular weight excluding hydrogens is 1460 g/mol. The van der Waals surface area contributed by atoms with Gasteiger partial charge < -0.3 is 89.9 Å². The molecule has 3 fully saturated rings. The molecule has 0 aliphatic carbocycles. The molecule has 668 valence electrons. The zero-order chi connectivity index (χ0) is 83.1. The third-order valence-electron chi connectivity index (χ3n) is 22.8. The van der Waals surface area contributed by atoms with Crippen molar-refractivity contribution in [3.05, 3.63) is 97.2 Å². The lowest BCUT2D eigenvalue weighted by atomic mass is 9.96. The van der Waals surface area contributed by atoms with Gasteiger partial charge in [0.15, 0.2) is 18.9 Å². The quantitative estimate of drug-likeness (QED) is 0.0199. The van der Waals surface area contributed by atoms with Crippen molar-refractivity contribution in [2.45, 2.75) is 478 Å². The van der Waals surface area contributed by atoms with Crippen LogP contribution in [0, 0.1) is 0 Å². The lowest BCUT2D eigenvalue weighted by Gasteiger charge is -2.48. The van der Waals surface area contributed by atoms with Gasteiger partial charge in [-0.25, -0.2) is 0 Å². The molecule has 1 amide bonds. The fourth-order valence-corrected chi connectivity index (χ4v) is 15.4. The number of rotatable bonds is 76. The van der Waals surface area contributed by atoms with E-state index in [2.05, 4.69) is 104 Å². The van der Waals surface area contributed by atoms with Gasteiger partial charge in [0, 0.05) is 6.42 Å². The van der Waals surface area contributed by atoms with Crippen LogP contribution in [0.4, 0.5) is 0 Å². The number of aliphatic hydroxyl groups excluding tert-OH is 11. The van der Waals surface area contributed by atoms with Crippen LogP contribution in [0.2, 0.25) is 0 Å². The van der Waals surface area contributed by atoms with Gasteiger partial charge in [-0.2, -0.15) is 0 Å². The van der Waals surface area contributed by atoms with Gasteiger partial charge >= 0.3 is 0 Å². The third-order valence-corrected chi connectivity index (χ3v) is 22.8. The summed E-state index contributed by atoms with van der Waals surface area (Å²) in [7, 11) is 0. The number of ether oxygens (including phenoxy) is 6. The van der Waals surface area contributed by atoms with Gasteiger partial charge in [0.1, 0.15) is 73.2 Å². The Morgan fingerprint density at radius 1 is 0.322 bits per heavy atom. The predicted octanol–water partition coefficient (Wildman–Crippen LogP) is 18.6. The molecule has 0 aromatic carbocycles. The highest BCUT2D eigenvalue weighted by Gasteiger charge is 2.54. The molecule has 3 saturated heterocycles. The van der Waals surface area contributed by atoms with Gasteiger partial charge in [0.25, 0.3) is 0 Å². The molecule has 17 unspecified atom stereocenters. The van der Waals surface area contributed by atoms with Crippen LogP contribution in [0.15, 0.2) is 97.2 Å². The molecule has 0 aromatic rings. The average Bonchev–Trinajstić information content (AvgIpc) is 0.779. The number of hydrogen-bond acceptors (Lipinski definition) is 18. The summed E-state index contributed by atoms with van der Waals surface area (Å²) in [6.45, 7) is 1.65. The molecule has 0 aromatic heterocycles. The van der Waals surface area contributed by atoms with Crippen LogP contribution >= 0.6 is 0 Å². The number of carbonyl (C=O) groups excluding carboxylic acids is 1. The maximum absolute atomic E-state index is 13.5. The summed E-state index contributed by atoms with van der Waals surface area (Å²) in [5.74, 6) is -0.285. The van der Waals surface area contributed by atoms with E-state index < -0.39 is 124 Å². The van der Waals surface area contributed by atoms with Gasteiger partial charge in [0.05, 0.1) is 38.6 Å². The summed E-state index contributed by atoms with van der Waals surface area (Å²) >= 11 is 0. The molecule has 0 saturated carbocycles. The highest BCUT2D eigenvalue weighted by atomic mass is 16.8. The fourth-order valence-electron chi connectivity index (χ4n) is 15.4. The van der Waals surface area contributed by atoms with E-state index in [9.17, 15) is 61.0 Å². The van der Waals surface area contributed by atoms with Gasteiger partial charge in [-0.15, -0.1) is 0 Å². The first kappa shape index (κ1) is 106. The number of amides is 1. The van der Waals surface area contributed by atoms with Crippen LogP contribution in [-0.2, 0) is 33.2 Å². The highest BCUT2D eigenvalue weighted by molar-refractivity contribution is 5.76. The summed E-state index contributed by atoms with van der Waals surface area (Å²) < 4.78 is 34.5. The minimum atomic E-state index is -1.99. The number of aliphatic hydroxyl groups is 11. The van der Waals surface area contributed by atoms with Crippen LogP contribution in [0.25, 0.3) is 0 Å². The van der Waals surface area contributed by atoms with Gasteiger partial charge in [0.2, 0.25) is 5.91 Å². The summed E-state index contributed by atoms with van der Waals surface area (Å²) in [5, 5.41) is 121. The Labute approximate surface area is 698 Å².